The standard InChI is InChI=1S/C14H9Cl2F6IN4/c1-26(2)5-24-12-9(23)11(14(20,21)22)25-27(12)10-7(15)3-6(4-8(10)16)13(17,18)19/h3-5H,1-2H3. The number of halogens is 9. The average molecular weight is 545 g/mol. The van der Waals surface area contributed by atoms with Gasteiger partial charge in [0.2, 0.25) is 0 Å². The number of aliphatic imine (C=N–C) groups is 1. The smallest absolute Gasteiger partial charge is 0.369 e. The molecule has 4 nitrogen and oxygen atoms in total. The quantitative estimate of drug-likeness (QED) is 0.204. The van der Waals surface area contributed by atoms with Crippen molar-refractivity contribution in [2.24, 2.45) is 4.99 Å². The van der Waals surface area contributed by atoms with Crippen LogP contribution in [0.15, 0.2) is 17.1 Å². The molecule has 0 fully saturated rings. The first-order chi connectivity index (χ1) is 12.2. The Bertz CT molecular complexity index is 866. The van der Waals surface area contributed by atoms with Gasteiger partial charge in [0.25, 0.3) is 0 Å². The molecule has 2 rings (SSSR count). The van der Waals surface area contributed by atoms with Gasteiger partial charge in [0.05, 0.1) is 25.5 Å². The molecule has 0 spiro atoms. The highest BCUT2D eigenvalue weighted by atomic mass is 127. The number of alkyl halides is 6. The third kappa shape index (κ3) is 4.80. The molecule has 2 aromatic rings. The molecular formula is C14H9Cl2F6IN4. The summed E-state index contributed by atoms with van der Waals surface area (Å²) in [6.45, 7) is 0. The van der Waals surface area contributed by atoms with Crippen molar-refractivity contribution in [3.8, 4) is 5.69 Å². The Labute approximate surface area is 172 Å². The number of hydrogen-bond donors (Lipinski definition) is 0. The zero-order valence-corrected chi connectivity index (χ0v) is 17.1. The molecule has 1 aromatic carbocycles. The number of aromatic nitrogens is 2. The van der Waals surface area contributed by atoms with Gasteiger partial charge in [-0.05, 0) is 34.7 Å². The highest BCUT2D eigenvalue weighted by molar-refractivity contribution is 14.1. The maximum absolute atomic E-state index is 13.2. The first kappa shape index (κ1) is 22.1. The monoisotopic (exact) mass is 544 g/mol. The summed E-state index contributed by atoms with van der Waals surface area (Å²) in [5, 5.41) is 2.40. The number of hydrogen-bond acceptors (Lipinski definition) is 2. The minimum atomic E-state index is -4.81. The number of benzene rings is 1. The van der Waals surface area contributed by atoms with E-state index in [1.54, 1.807) is 14.1 Å². The zero-order valence-electron chi connectivity index (χ0n) is 13.4. The molecular weight excluding hydrogens is 536 g/mol. The molecule has 13 heteroatoms. The van der Waals surface area contributed by atoms with E-state index in [0.717, 1.165) is 0 Å². The summed E-state index contributed by atoms with van der Waals surface area (Å²) < 4.78 is 78.6. The first-order valence-electron chi connectivity index (χ1n) is 6.86. The normalized spacial score (nSPS) is 12.9. The van der Waals surface area contributed by atoms with Crippen LogP contribution in [-0.4, -0.2) is 35.1 Å². The molecule has 1 aromatic heterocycles. The molecule has 0 bridgehead atoms. The van der Waals surface area contributed by atoms with Crippen LogP contribution in [0.1, 0.15) is 11.3 Å². The van der Waals surface area contributed by atoms with Crippen molar-refractivity contribution in [3.63, 3.8) is 0 Å². The van der Waals surface area contributed by atoms with Gasteiger partial charge >= 0.3 is 12.4 Å². The van der Waals surface area contributed by atoms with Crippen molar-refractivity contribution in [1.82, 2.24) is 14.7 Å². The van der Waals surface area contributed by atoms with E-state index < -0.39 is 33.7 Å². The topological polar surface area (TPSA) is 33.4 Å². The summed E-state index contributed by atoms with van der Waals surface area (Å²) in [6.07, 6.45) is -8.33. The Kier molecular flexibility index (Phi) is 6.27. The van der Waals surface area contributed by atoms with Gasteiger partial charge in [-0.2, -0.15) is 31.4 Å². The lowest BCUT2D eigenvalue weighted by Crippen LogP contribution is -2.10. The van der Waals surface area contributed by atoms with Gasteiger partial charge in [0.15, 0.2) is 11.5 Å². The van der Waals surface area contributed by atoms with Gasteiger partial charge in [-0.15, -0.1) is 0 Å². The highest BCUT2D eigenvalue weighted by Gasteiger charge is 2.40. The maximum Gasteiger partial charge on any atom is 0.436 e. The van der Waals surface area contributed by atoms with Crippen LogP contribution in [0.5, 0.6) is 0 Å². The molecule has 0 radical (unpaired) electrons. The van der Waals surface area contributed by atoms with Gasteiger partial charge in [-0.25, -0.2) is 9.67 Å². The molecule has 27 heavy (non-hydrogen) atoms. The van der Waals surface area contributed by atoms with Crippen LogP contribution in [0.4, 0.5) is 32.2 Å². The summed E-state index contributed by atoms with van der Waals surface area (Å²) in [6, 6.07) is 1.12. The van der Waals surface area contributed by atoms with Gasteiger partial charge in [-0.3, -0.25) is 0 Å². The average Bonchev–Trinajstić information content (AvgIpc) is 2.80. The van der Waals surface area contributed by atoms with E-state index >= 15 is 0 Å². The third-order valence-electron chi connectivity index (χ3n) is 3.04. The van der Waals surface area contributed by atoms with Gasteiger partial charge in [0.1, 0.15) is 5.69 Å². The Morgan fingerprint density at radius 3 is 2.00 bits per heavy atom. The molecule has 148 valence electrons. The summed E-state index contributed by atoms with van der Waals surface area (Å²) in [4.78, 5) is 5.38. The Morgan fingerprint density at radius 1 is 1.07 bits per heavy atom. The van der Waals surface area contributed by atoms with Gasteiger partial charge < -0.3 is 4.90 Å². The predicted molar refractivity (Wildman–Crippen MR) is 98.1 cm³/mol. The Morgan fingerprint density at radius 2 is 1.59 bits per heavy atom. The second-order valence-corrected chi connectivity index (χ2v) is 7.28. The number of rotatable bonds is 3. The molecule has 0 aliphatic heterocycles. The molecule has 0 unspecified atom stereocenters. The van der Waals surface area contributed by atoms with Crippen LogP contribution in [0.25, 0.3) is 5.69 Å². The molecule has 1 heterocycles. The van der Waals surface area contributed by atoms with Gasteiger partial charge in [-0.1, -0.05) is 23.2 Å². The second-order valence-electron chi connectivity index (χ2n) is 5.39. The van der Waals surface area contributed by atoms with Crippen molar-refractivity contribution < 1.29 is 26.3 Å². The molecule has 0 saturated heterocycles. The first-order valence-corrected chi connectivity index (χ1v) is 8.70. The van der Waals surface area contributed by atoms with Crippen LogP contribution in [0, 0.1) is 3.57 Å². The van der Waals surface area contributed by atoms with E-state index in [2.05, 4.69) is 10.1 Å². The van der Waals surface area contributed by atoms with Crippen molar-refractivity contribution in [2.75, 3.05) is 14.1 Å². The maximum atomic E-state index is 13.2. The molecule has 0 saturated carbocycles. The Balaban J connectivity index is 2.78. The van der Waals surface area contributed by atoms with Crippen molar-refractivity contribution in [3.05, 3.63) is 37.0 Å². The van der Waals surface area contributed by atoms with Crippen molar-refractivity contribution in [2.45, 2.75) is 12.4 Å². The highest BCUT2D eigenvalue weighted by Crippen LogP contribution is 2.42. The van der Waals surface area contributed by atoms with Crippen molar-refractivity contribution in [1.29, 1.82) is 0 Å². The lowest BCUT2D eigenvalue weighted by Gasteiger charge is -2.13. The molecule has 0 aliphatic rings. The molecule has 0 atom stereocenters. The van der Waals surface area contributed by atoms with Crippen LogP contribution in [-0.2, 0) is 12.4 Å². The van der Waals surface area contributed by atoms with Crippen LogP contribution < -0.4 is 0 Å². The molecule has 0 amide bonds. The van der Waals surface area contributed by atoms with E-state index in [9.17, 15) is 26.3 Å². The fourth-order valence-electron chi connectivity index (χ4n) is 1.94. The predicted octanol–water partition coefficient (Wildman–Crippen LogP) is 6.04. The lowest BCUT2D eigenvalue weighted by molar-refractivity contribution is -0.142. The summed E-state index contributed by atoms with van der Waals surface area (Å²) >= 11 is 13.2. The fraction of sp³-hybridized carbons (Fsp3) is 0.286. The summed E-state index contributed by atoms with van der Waals surface area (Å²) in [5.41, 5.74) is -2.75. The van der Waals surface area contributed by atoms with E-state index in [-0.39, 0.29) is 15.1 Å². The van der Waals surface area contributed by atoms with E-state index in [1.807, 2.05) is 0 Å². The summed E-state index contributed by atoms with van der Waals surface area (Å²) in [7, 11) is 3.17. The van der Waals surface area contributed by atoms with E-state index in [1.165, 1.54) is 33.8 Å². The minimum absolute atomic E-state index is 0.278. The third-order valence-corrected chi connectivity index (χ3v) is 4.61. The van der Waals surface area contributed by atoms with Crippen LogP contribution in [0.3, 0.4) is 0 Å². The fourth-order valence-corrected chi connectivity index (χ4v) is 3.37. The summed E-state index contributed by atoms with van der Waals surface area (Å²) in [5.74, 6) is -0.278. The Hall–Kier alpha value is -1.21. The molecule has 0 aliphatic carbocycles. The number of nitrogens with zero attached hydrogens (tertiary/aromatic N) is 4. The SMILES string of the molecule is CN(C)C=Nc1c(I)c(C(F)(F)F)nn1-c1c(Cl)cc(C(F)(F)F)cc1Cl. The van der Waals surface area contributed by atoms with E-state index in [4.69, 9.17) is 23.2 Å². The van der Waals surface area contributed by atoms with Crippen LogP contribution >= 0.6 is 45.8 Å². The van der Waals surface area contributed by atoms with E-state index in [0.29, 0.717) is 16.8 Å². The van der Waals surface area contributed by atoms with Crippen LogP contribution in [0.2, 0.25) is 10.0 Å². The molecule has 0 N–H and O–H groups in total. The van der Waals surface area contributed by atoms with Crippen molar-refractivity contribution >= 4 is 57.9 Å². The lowest BCUT2D eigenvalue weighted by atomic mass is 10.2. The minimum Gasteiger partial charge on any atom is -0.369 e. The van der Waals surface area contributed by atoms with Gasteiger partial charge in [0, 0.05) is 14.1 Å². The second kappa shape index (κ2) is 7.66. The largest absolute Gasteiger partial charge is 0.436 e. The zero-order chi connectivity index (χ0) is 20.7.